The number of hydrogen-bond donors (Lipinski definition) is 1. The van der Waals surface area contributed by atoms with Gasteiger partial charge in [0.15, 0.2) is 0 Å². The smallest absolute Gasteiger partial charge is 0.264 e. The first-order valence-electron chi connectivity index (χ1n) is 16.1. The first-order valence-corrected chi connectivity index (χ1v) is 18.0. The highest BCUT2D eigenvalue weighted by atomic mass is 35.5. The van der Waals surface area contributed by atoms with Gasteiger partial charge < -0.3 is 10.2 Å². The van der Waals surface area contributed by atoms with Gasteiger partial charge in [-0.1, -0.05) is 109 Å². The van der Waals surface area contributed by atoms with Crippen LogP contribution in [0.4, 0.5) is 5.69 Å². The molecule has 1 saturated carbocycles. The Kier molecular flexibility index (Phi) is 11.4. The number of aryl methyl sites for hydroxylation is 2. The van der Waals surface area contributed by atoms with Gasteiger partial charge in [0.1, 0.15) is 12.6 Å². The Morgan fingerprint density at radius 2 is 1.45 bits per heavy atom. The highest BCUT2D eigenvalue weighted by molar-refractivity contribution is 7.92. The lowest BCUT2D eigenvalue weighted by Gasteiger charge is -2.35. The van der Waals surface area contributed by atoms with Crippen LogP contribution in [0.1, 0.15) is 54.4 Å². The van der Waals surface area contributed by atoms with Crippen LogP contribution >= 0.6 is 11.6 Å². The van der Waals surface area contributed by atoms with Gasteiger partial charge in [0, 0.05) is 24.0 Å². The molecule has 0 spiro atoms. The molecule has 1 atom stereocenters. The molecule has 4 aromatic carbocycles. The van der Waals surface area contributed by atoms with Crippen molar-refractivity contribution in [3.05, 3.63) is 130 Å². The summed E-state index contributed by atoms with van der Waals surface area (Å²) in [6.45, 7) is 3.27. The Bertz CT molecular complexity index is 1760. The van der Waals surface area contributed by atoms with Crippen LogP contribution in [0.2, 0.25) is 5.02 Å². The maximum absolute atomic E-state index is 14.7. The van der Waals surface area contributed by atoms with Crippen LogP contribution in [0, 0.1) is 13.8 Å². The second-order valence-electron chi connectivity index (χ2n) is 12.3. The van der Waals surface area contributed by atoms with Crippen molar-refractivity contribution in [3.63, 3.8) is 0 Å². The van der Waals surface area contributed by atoms with Gasteiger partial charge in [0.05, 0.1) is 10.6 Å². The Hall–Kier alpha value is -4.14. The molecule has 1 N–H and O–H groups in total. The molecule has 0 radical (unpaired) electrons. The number of anilines is 1. The van der Waals surface area contributed by atoms with Crippen molar-refractivity contribution < 1.29 is 18.0 Å². The Labute approximate surface area is 283 Å². The summed E-state index contributed by atoms with van der Waals surface area (Å²) in [4.78, 5) is 30.5. The fourth-order valence-corrected chi connectivity index (χ4v) is 7.83. The van der Waals surface area contributed by atoms with Crippen molar-refractivity contribution in [1.82, 2.24) is 10.2 Å². The van der Waals surface area contributed by atoms with Gasteiger partial charge in [-0.3, -0.25) is 13.9 Å². The summed E-state index contributed by atoms with van der Waals surface area (Å²) in [5, 5.41) is 3.70. The largest absolute Gasteiger partial charge is 0.352 e. The molecule has 246 valence electrons. The van der Waals surface area contributed by atoms with E-state index in [1.807, 2.05) is 67.6 Å². The molecule has 1 aliphatic rings. The third-order valence-corrected chi connectivity index (χ3v) is 10.7. The summed E-state index contributed by atoms with van der Waals surface area (Å²) in [6, 6.07) is 29.7. The summed E-state index contributed by atoms with van der Waals surface area (Å²) in [6.07, 6.45) is 5.32. The van der Waals surface area contributed by atoms with Crippen LogP contribution in [0.25, 0.3) is 0 Å². The van der Waals surface area contributed by atoms with Gasteiger partial charge in [0.2, 0.25) is 11.8 Å². The monoisotopic (exact) mass is 671 g/mol. The van der Waals surface area contributed by atoms with Crippen LogP contribution in [0.15, 0.2) is 108 Å². The maximum atomic E-state index is 14.7. The zero-order valence-electron chi connectivity index (χ0n) is 26.9. The number of amides is 2. The van der Waals surface area contributed by atoms with E-state index in [1.54, 1.807) is 54.3 Å². The molecule has 0 heterocycles. The van der Waals surface area contributed by atoms with E-state index in [1.165, 1.54) is 0 Å². The summed E-state index contributed by atoms with van der Waals surface area (Å²) in [5.41, 5.74) is 3.59. The standard InChI is InChI=1S/C38H42ClN3O4S/c1-28-18-21-34(22-19-28)47(45,46)42(35-23-20-32(39)24-29(35)2)27-37(43)41(26-31-14-8-4-9-15-31)36(25-30-12-6-3-7-13-30)38(44)40-33-16-10-5-11-17-33/h3-4,6-9,12-15,18-24,33,36H,5,10-11,16-17,25-27H2,1-2H3,(H,40,44). The average molecular weight is 672 g/mol. The van der Waals surface area contributed by atoms with Crippen LogP contribution in [-0.2, 0) is 32.6 Å². The van der Waals surface area contributed by atoms with E-state index in [2.05, 4.69) is 5.32 Å². The van der Waals surface area contributed by atoms with Crippen molar-refractivity contribution in [2.24, 2.45) is 0 Å². The molecule has 2 amide bonds. The van der Waals surface area contributed by atoms with Crippen LogP contribution in [0.5, 0.6) is 0 Å². The Balaban J connectivity index is 1.57. The molecule has 1 unspecified atom stereocenters. The number of carbonyl (C=O) groups excluding carboxylic acids is 2. The molecule has 47 heavy (non-hydrogen) atoms. The minimum absolute atomic E-state index is 0.0401. The Morgan fingerprint density at radius 1 is 0.830 bits per heavy atom. The molecule has 1 aliphatic carbocycles. The minimum atomic E-state index is -4.19. The summed E-state index contributed by atoms with van der Waals surface area (Å²) in [7, 11) is -4.19. The van der Waals surface area contributed by atoms with E-state index in [4.69, 9.17) is 11.6 Å². The molecule has 5 rings (SSSR count). The fourth-order valence-electron chi connectivity index (χ4n) is 6.13. The summed E-state index contributed by atoms with van der Waals surface area (Å²) >= 11 is 6.26. The molecular formula is C38H42ClN3O4S. The number of sulfonamides is 1. The first kappa shape index (κ1) is 34.2. The number of nitrogens with one attached hydrogen (secondary N) is 1. The lowest BCUT2D eigenvalue weighted by molar-refractivity contribution is -0.140. The molecule has 0 aromatic heterocycles. The second-order valence-corrected chi connectivity index (χ2v) is 14.6. The molecule has 1 fully saturated rings. The van der Waals surface area contributed by atoms with Gasteiger partial charge in [0.25, 0.3) is 10.0 Å². The third kappa shape index (κ3) is 8.82. The van der Waals surface area contributed by atoms with E-state index >= 15 is 0 Å². The topological polar surface area (TPSA) is 86.8 Å². The first-order chi connectivity index (χ1) is 22.6. The van der Waals surface area contributed by atoms with Gasteiger partial charge in [-0.25, -0.2) is 8.42 Å². The fraction of sp³-hybridized carbons (Fsp3) is 0.316. The lowest BCUT2D eigenvalue weighted by Crippen LogP contribution is -2.55. The lowest BCUT2D eigenvalue weighted by atomic mass is 9.94. The highest BCUT2D eigenvalue weighted by Gasteiger charge is 2.35. The number of hydrogen-bond acceptors (Lipinski definition) is 4. The molecule has 0 saturated heterocycles. The van der Waals surface area contributed by atoms with Crippen molar-refractivity contribution in [2.45, 2.75) is 75.9 Å². The SMILES string of the molecule is Cc1ccc(S(=O)(=O)N(CC(=O)N(Cc2ccccc2)C(Cc2ccccc2)C(=O)NC2CCCCC2)c2ccc(Cl)cc2C)cc1. The van der Waals surface area contributed by atoms with Crippen LogP contribution in [0.3, 0.4) is 0 Å². The normalized spacial score (nSPS) is 14.3. The van der Waals surface area contributed by atoms with E-state index in [0.29, 0.717) is 16.3 Å². The minimum Gasteiger partial charge on any atom is -0.352 e. The van der Waals surface area contributed by atoms with E-state index in [9.17, 15) is 18.0 Å². The van der Waals surface area contributed by atoms with Gasteiger partial charge in [-0.05, 0) is 73.7 Å². The van der Waals surface area contributed by atoms with Crippen molar-refractivity contribution in [3.8, 4) is 0 Å². The van der Waals surface area contributed by atoms with Crippen molar-refractivity contribution in [2.75, 3.05) is 10.8 Å². The number of carbonyl (C=O) groups is 2. The number of nitrogens with zero attached hydrogens (tertiary/aromatic N) is 2. The number of benzene rings is 4. The zero-order valence-corrected chi connectivity index (χ0v) is 28.5. The third-order valence-electron chi connectivity index (χ3n) is 8.73. The highest BCUT2D eigenvalue weighted by Crippen LogP contribution is 2.30. The van der Waals surface area contributed by atoms with Crippen LogP contribution < -0.4 is 9.62 Å². The van der Waals surface area contributed by atoms with E-state index < -0.39 is 28.5 Å². The predicted octanol–water partition coefficient (Wildman–Crippen LogP) is 7.24. The molecule has 0 bridgehead atoms. The number of halogens is 1. The molecule has 9 heteroatoms. The summed E-state index contributed by atoms with van der Waals surface area (Å²) in [5.74, 6) is -0.723. The molecule has 0 aliphatic heterocycles. The summed E-state index contributed by atoms with van der Waals surface area (Å²) < 4.78 is 29.7. The van der Waals surface area contributed by atoms with Gasteiger partial charge >= 0.3 is 0 Å². The van der Waals surface area contributed by atoms with E-state index in [0.717, 1.165) is 53.1 Å². The zero-order chi connectivity index (χ0) is 33.4. The predicted molar refractivity (Wildman–Crippen MR) is 188 cm³/mol. The van der Waals surface area contributed by atoms with Gasteiger partial charge in [-0.2, -0.15) is 0 Å². The van der Waals surface area contributed by atoms with Crippen molar-refractivity contribution >= 4 is 39.1 Å². The van der Waals surface area contributed by atoms with Crippen LogP contribution in [-0.4, -0.2) is 43.8 Å². The average Bonchev–Trinajstić information content (AvgIpc) is 3.07. The van der Waals surface area contributed by atoms with E-state index in [-0.39, 0.29) is 29.8 Å². The number of rotatable bonds is 12. The molecular weight excluding hydrogens is 630 g/mol. The maximum Gasteiger partial charge on any atom is 0.264 e. The molecule has 4 aromatic rings. The molecule has 7 nitrogen and oxygen atoms in total. The van der Waals surface area contributed by atoms with Crippen molar-refractivity contribution in [1.29, 1.82) is 0 Å². The Morgan fingerprint density at radius 3 is 2.06 bits per heavy atom. The second kappa shape index (κ2) is 15.6. The van der Waals surface area contributed by atoms with Gasteiger partial charge in [-0.15, -0.1) is 0 Å². The quantitative estimate of drug-likeness (QED) is 0.172.